The summed E-state index contributed by atoms with van der Waals surface area (Å²) in [5.41, 5.74) is 4.50. The third-order valence-electron chi connectivity index (χ3n) is 3.16. The van der Waals surface area contributed by atoms with Crippen molar-refractivity contribution in [3.8, 4) is 0 Å². The summed E-state index contributed by atoms with van der Waals surface area (Å²) in [7, 11) is 0. The third kappa shape index (κ3) is 3.33. The molecule has 0 radical (unpaired) electrons. The maximum atomic E-state index is 13.9. The van der Waals surface area contributed by atoms with E-state index >= 15 is 0 Å². The van der Waals surface area contributed by atoms with E-state index in [2.05, 4.69) is 5.43 Å². The van der Waals surface area contributed by atoms with Gasteiger partial charge in [-0.05, 0) is 43.2 Å². The predicted octanol–water partition coefficient (Wildman–Crippen LogP) is 3.67. The molecule has 0 bridgehead atoms. The zero-order valence-corrected chi connectivity index (χ0v) is 11.7. The van der Waals surface area contributed by atoms with Crippen LogP contribution in [0.25, 0.3) is 0 Å². The summed E-state index contributed by atoms with van der Waals surface area (Å²) in [5, 5.41) is 0.430. The number of rotatable bonds is 4. The number of hydrogen-bond donors (Lipinski definition) is 2. The maximum absolute atomic E-state index is 13.9. The Balaban J connectivity index is 2.33. The molecular weight excluding hydrogens is 282 g/mol. The van der Waals surface area contributed by atoms with Crippen LogP contribution in [-0.4, -0.2) is 0 Å². The highest BCUT2D eigenvalue weighted by Crippen LogP contribution is 2.26. The maximum Gasteiger partial charge on any atom is 0.128 e. The van der Waals surface area contributed by atoms with Gasteiger partial charge >= 0.3 is 0 Å². The monoisotopic (exact) mass is 296 g/mol. The molecule has 0 saturated carbocycles. The highest BCUT2D eigenvalue weighted by molar-refractivity contribution is 6.31. The first kappa shape index (κ1) is 14.9. The van der Waals surface area contributed by atoms with Crippen molar-refractivity contribution in [3.05, 3.63) is 69.7 Å². The number of halogens is 3. The standard InChI is InChI=1S/C15H15ClF2N2/c1-9-2-5-14(18)12(6-9)15(20-19)8-10-7-11(17)3-4-13(10)16/h2-7,15,20H,8,19H2,1H3. The average molecular weight is 297 g/mol. The van der Waals surface area contributed by atoms with Gasteiger partial charge in [-0.1, -0.05) is 29.3 Å². The van der Waals surface area contributed by atoms with E-state index < -0.39 is 6.04 Å². The summed E-state index contributed by atoms with van der Waals surface area (Å²) in [5.74, 6) is 4.77. The van der Waals surface area contributed by atoms with E-state index in [1.807, 2.05) is 6.92 Å². The van der Waals surface area contributed by atoms with Gasteiger partial charge in [0, 0.05) is 10.6 Å². The summed E-state index contributed by atoms with van der Waals surface area (Å²) < 4.78 is 27.1. The van der Waals surface area contributed by atoms with Crippen molar-refractivity contribution in [1.82, 2.24) is 5.43 Å². The molecule has 2 aromatic rings. The van der Waals surface area contributed by atoms with Gasteiger partial charge in [-0.25, -0.2) is 8.78 Å². The van der Waals surface area contributed by atoms with Gasteiger partial charge in [0.2, 0.25) is 0 Å². The van der Waals surface area contributed by atoms with E-state index in [1.165, 1.54) is 24.3 Å². The van der Waals surface area contributed by atoms with Crippen LogP contribution in [0, 0.1) is 18.6 Å². The average Bonchev–Trinajstić information content (AvgIpc) is 2.42. The SMILES string of the molecule is Cc1ccc(F)c(C(Cc2cc(F)ccc2Cl)NN)c1. The van der Waals surface area contributed by atoms with Gasteiger partial charge in [0.05, 0.1) is 6.04 Å². The quantitative estimate of drug-likeness (QED) is 0.667. The van der Waals surface area contributed by atoms with Crippen LogP contribution < -0.4 is 11.3 Å². The molecule has 0 spiro atoms. The van der Waals surface area contributed by atoms with Crippen LogP contribution in [0.2, 0.25) is 5.02 Å². The predicted molar refractivity (Wildman–Crippen MR) is 76.3 cm³/mol. The molecule has 1 atom stereocenters. The van der Waals surface area contributed by atoms with Crippen molar-refractivity contribution in [1.29, 1.82) is 0 Å². The minimum Gasteiger partial charge on any atom is -0.271 e. The van der Waals surface area contributed by atoms with Crippen molar-refractivity contribution < 1.29 is 8.78 Å². The van der Waals surface area contributed by atoms with Crippen molar-refractivity contribution in [2.45, 2.75) is 19.4 Å². The normalized spacial score (nSPS) is 12.4. The van der Waals surface area contributed by atoms with Gasteiger partial charge in [-0.15, -0.1) is 0 Å². The Hall–Kier alpha value is -1.49. The highest BCUT2D eigenvalue weighted by Gasteiger charge is 2.17. The zero-order valence-electron chi connectivity index (χ0n) is 11.0. The molecule has 1 unspecified atom stereocenters. The van der Waals surface area contributed by atoms with Crippen LogP contribution in [0.5, 0.6) is 0 Å². The first-order valence-corrected chi connectivity index (χ1v) is 6.55. The van der Waals surface area contributed by atoms with Crippen LogP contribution in [0.4, 0.5) is 8.78 Å². The fraction of sp³-hybridized carbons (Fsp3) is 0.200. The number of benzene rings is 2. The highest BCUT2D eigenvalue weighted by atomic mass is 35.5. The zero-order chi connectivity index (χ0) is 14.7. The summed E-state index contributed by atoms with van der Waals surface area (Å²) in [4.78, 5) is 0. The molecule has 0 aliphatic rings. The Morgan fingerprint density at radius 2 is 1.95 bits per heavy atom. The summed E-state index contributed by atoms with van der Waals surface area (Å²) in [6.45, 7) is 1.87. The molecule has 0 aromatic heterocycles. The molecule has 0 aliphatic carbocycles. The lowest BCUT2D eigenvalue weighted by atomic mass is 9.97. The molecule has 5 heteroatoms. The molecule has 0 aliphatic heterocycles. The lowest BCUT2D eigenvalue weighted by Gasteiger charge is -2.18. The number of nitrogens with one attached hydrogen (secondary N) is 1. The second-order valence-electron chi connectivity index (χ2n) is 4.68. The van der Waals surface area contributed by atoms with Crippen molar-refractivity contribution in [2.24, 2.45) is 5.84 Å². The van der Waals surface area contributed by atoms with Crippen LogP contribution in [0.15, 0.2) is 36.4 Å². The van der Waals surface area contributed by atoms with Gasteiger partial charge in [0.1, 0.15) is 11.6 Å². The molecule has 0 heterocycles. The molecule has 2 aromatic carbocycles. The van der Waals surface area contributed by atoms with Crippen molar-refractivity contribution in [3.63, 3.8) is 0 Å². The van der Waals surface area contributed by atoms with E-state index in [4.69, 9.17) is 17.4 Å². The minimum atomic E-state index is -0.478. The summed E-state index contributed by atoms with van der Waals surface area (Å²) in [6.07, 6.45) is 0.299. The number of hydrazine groups is 1. The lowest BCUT2D eigenvalue weighted by Crippen LogP contribution is -2.30. The van der Waals surface area contributed by atoms with Gasteiger partial charge in [0.25, 0.3) is 0 Å². The second kappa shape index (κ2) is 6.31. The Bertz CT molecular complexity index is 617. The molecule has 106 valence electrons. The number of nitrogens with two attached hydrogens (primary N) is 1. The van der Waals surface area contributed by atoms with Crippen molar-refractivity contribution >= 4 is 11.6 Å². The fourth-order valence-corrected chi connectivity index (χ4v) is 2.30. The van der Waals surface area contributed by atoms with E-state index in [1.54, 1.807) is 12.1 Å². The first-order valence-electron chi connectivity index (χ1n) is 6.17. The molecule has 0 saturated heterocycles. The largest absolute Gasteiger partial charge is 0.271 e. The van der Waals surface area contributed by atoms with Crippen LogP contribution in [0.1, 0.15) is 22.7 Å². The van der Waals surface area contributed by atoms with E-state index in [0.29, 0.717) is 22.6 Å². The second-order valence-corrected chi connectivity index (χ2v) is 5.09. The van der Waals surface area contributed by atoms with E-state index in [-0.39, 0.29) is 11.6 Å². The Morgan fingerprint density at radius 3 is 2.65 bits per heavy atom. The number of hydrogen-bond acceptors (Lipinski definition) is 2. The molecular formula is C15H15ClF2N2. The van der Waals surface area contributed by atoms with Gasteiger partial charge < -0.3 is 0 Å². The fourth-order valence-electron chi connectivity index (χ4n) is 2.11. The summed E-state index contributed by atoms with van der Waals surface area (Å²) in [6, 6.07) is 8.40. The molecule has 2 rings (SSSR count). The van der Waals surface area contributed by atoms with Crippen LogP contribution in [0.3, 0.4) is 0 Å². The molecule has 0 fully saturated rings. The number of aryl methyl sites for hydroxylation is 1. The Labute approximate surface area is 121 Å². The Kier molecular flexibility index (Phi) is 4.70. The van der Waals surface area contributed by atoms with Crippen molar-refractivity contribution in [2.75, 3.05) is 0 Å². The first-order chi connectivity index (χ1) is 9.51. The third-order valence-corrected chi connectivity index (χ3v) is 3.53. The van der Waals surface area contributed by atoms with Crippen LogP contribution >= 0.6 is 11.6 Å². The van der Waals surface area contributed by atoms with Crippen LogP contribution in [-0.2, 0) is 6.42 Å². The minimum absolute atomic E-state index is 0.299. The van der Waals surface area contributed by atoms with Gasteiger partial charge in [-0.2, -0.15) is 0 Å². The topological polar surface area (TPSA) is 38.0 Å². The van der Waals surface area contributed by atoms with E-state index in [9.17, 15) is 8.78 Å². The smallest absolute Gasteiger partial charge is 0.128 e. The molecule has 2 nitrogen and oxygen atoms in total. The molecule has 20 heavy (non-hydrogen) atoms. The van der Waals surface area contributed by atoms with E-state index in [0.717, 1.165) is 5.56 Å². The Morgan fingerprint density at radius 1 is 1.20 bits per heavy atom. The van der Waals surface area contributed by atoms with Gasteiger partial charge in [0.15, 0.2) is 0 Å². The lowest BCUT2D eigenvalue weighted by molar-refractivity contribution is 0.509. The molecule has 0 amide bonds. The van der Waals surface area contributed by atoms with Gasteiger partial charge in [-0.3, -0.25) is 11.3 Å². The summed E-state index contributed by atoms with van der Waals surface area (Å²) >= 11 is 6.03. The molecule has 3 N–H and O–H groups in total.